The van der Waals surface area contributed by atoms with Crippen molar-refractivity contribution in [2.75, 3.05) is 25.0 Å². The summed E-state index contributed by atoms with van der Waals surface area (Å²) in [5.74, 6) is 1.38. The summed E-state index contributed by atoms with van der Waals surface area (Å²) in [5, 5.41) is 1.26. The van der Waals surface area contributed by atoms with Crippen LogP contribution in [0.2, 0.25) is 0 Å². The number of piperazine rings is 1. The van der Waals surface area contributed by atoms with Gasteiger partial charge >= 0.3 is 0 Å². The van der Waals surface area contributed by atoms with Crippen molar-refractivity contribution in [2.24, 2.45) is 11.8 Å². The molecule has 0 saturated carbocycles. The van der Waals surface area contributed by atoms with Crippen molar-refractivity contribution in [1.82, 2.24) is 14.9 Å². The van der Waals surface area contributed by atoms with Crippen LogP contribution in [0.4, 0.5) is 6.01 Å². The van der Waals surface area contributed by atoms with Crippen LogP contribution in [-0.4, -0.2) is 52.9 Å². The van der Waals surface area contributed by atoms with Crippen LogP contribution in [-0.2, 0) is 6.42 Å². The molecule has 6 heteroatoms. The summed E-state index contributed by atoms with van der Waals surface area (Å²) >= 11 is 0. The topological polar surface area (TPSA) is 65.4 Å². The third-order valence-corrected chi connectivity index (χ3v) is 7.70. The number of carbonyl (C=O) groups is 1. The largest absolute Gasteiger partial charge is 0.420 e. The molecule has 5 rings (SSSR count). The van der Waals surface area contributed by atoms with E-state index in [9.17, 15) is 4.79 Å². The number of nitrogens with one attached hydrogen (secondary N) is 1. The van der Waals surface area contributed by atoms with Crippen LogP contribution >= 0.6 is 0 Å². The standard InChI is InChI=1S/C27H36N4O2/c1-18(2)8-9-19(12-20-14-28-24-7-5-4-6-23(20)24)13-25(32)26-15-29-27(33-26)31-16-21-10-11-22(17-31)30(21)3/h4-7,14-15,18-19,21-22,28H,8-13,16-17H2,1-3H3. The van der Waals surface area contributed by atoms with Crippen molar-refractivity contribution in [3.05, 3.63) is 48.0 Å². The Morgan fingerprint density at radius 1 is 1.18 bits per heavy atom. The normalized spacial score (nSPS) is 21.9. The van der Waals surface area contributed by atoms with E-state index in [0.29, 0.717) is 36.2 Å². The van der Waals surface area contributed by atoms with Crippen LogP contribution in [0.3, 0.4) is 0 Å². The smallest absolute Gasteiger partial charge is 0.297 e. The fourth-order valence-corrected chi connectivity index (χ4v) is 5.63. The van der Waals surface area contributed by atoms with Crippen LogP contribution in [0.25, 0.3) is 10.9 Å². The van der Waals surface area contributed by atoms with E-state index in [1.54, 1.807) is 6.20 Å². The maximum absolute atomic E-state index is 13.2. The average molecular weight is 449 g/mol. The number of likely N-dealkylation sites (N-methyl/N-ethyl adjacent to an activating group) is 1. The SMILES string of the molecule is CC(C)CCC(CC(=O)c1cnc(N2CC3CCC(C2)N3C)o1)Cc1c[nH]c2ccccc12. The minimum atomic E-state index is 0.0689. The number of para-hydroxylation sites is 1. The van der Waals surface area contributed by atoms with E-state index in [0.717, 1.165) is 37.9 Å². The Labute approximate surface area is 196 Å². The Balaban J connectivity index is 1.27. The molecule has 2 saturated heterocycles. The molecule has 2 aliphatic rings. The maximum atomic E-state index is 13.2. The molecular formula is C27H36N4O2. The van der Waals surface area contributed by atoms with Gasteiger partial charge in [-0.3, -0.25) is 9.69 Å². The third kappa shape index (κ3) is 4.72. The maximum Gasteiger partial charge on any atom is 0.297 e. The summed E-state index contributed by atoms with van der Waals surface area (Å²) in [6.45, 7) is 6.35. The van der Waals surface area contributed by atoms with E-state index in [1.165, 1.54) is 23.8 Å². The number of nitrogens with zero attached hydrogens (tertiary/aromatic N) is 3. The second kappa shape index (κ2) is 9.34. The van der Waals surface area contributed by atoms with Crippen molar-refractivity contribution in [1.29, 1.82) is 0 Å². The van der Waals surface area contributed by atoms with Crippen molar-refractivity contribution >= 4 is 22.7 Å². The van der Waals surface area contributed by atoms with Crippen molar-refractivity contribution in [2.45, 2.75) is 64.5 Å². The molecule has 33 heavy (non-hydrogen) atoms. The molecule has 2 aromatic heterocycles. The summed E-state index contributed by atoms with van der Waals surface area (Å²) < 4.78 is 6.02. The molecule has 0 amide bonds. The number of hydrogen-bond donors (Lipinski definition) is 1. The van der Waals surface area contributed by atoms with Gasteiger partial charge in [0, 0.05) is 48.7 Å². The molecule has 2 fully saturated rings. The Morgan fingerprint density at radius 3 is 2.70 bits per heavy atom. The van der Waals surface area contributed by atoms with Crippen molar-refractivity contribution < 1.29 is 9.21 Å². The summed E-state index contributed by atoms with van der Waals surface area (Å²) in [7, 11) is 2.22. The number of aromatic amines is 1. The second-order valence-electron chi connectivity index (χ2n) is 10.5. The van der Waals surface area contributed by atoms with Crippen LogP contribution in [0, 0.1) is 11.8 Å². The van der Waals surface area contributed by atoms with E-state index in [1.807, 2.05) is 0 Å². The fraction of sp³-hybridized carbons (Fsp3) is 0.556. The number of rotatable bonds is 9. The highest BCUT2D eigenvalue weighted by Gasteiger charge is 2.39. The lowest BCUT2D eigenvalue weighted by Gasteiger charge is -2.38. The van der Waals surface area contributed by atoms with Gasteiger partial charge in [0.05, 0.1) is 6.20 Å². The molecule has 1 aromatic carbocycles. The highest BCUT2D eigenvalue weighted by Crippen LogP contribution is 2.32. The molecule has 6 nitrogen and oxygen atoms in total. The minimum absolute atomic E-state index is 0.0689. The summed E-state index contributed by atoms with van der Waals surface area (Å²) in [4.78, 5) is 25.8. The lowest BCUT2D eigenvalue weighted by Crippen LogP contribution is -2.52. The molecule has 2 aliphatic heterocycles. The van der Waals surface area contributed by atoms with Gasteiger partial charge in [-0.2, -0.15) is 0 Å². The quantitative estimate of drug-likeness (QED) is 0.450. The zero-order valence-electron chi connectivity index (χ0n) is 20.1. The number of fused-ring (bicyclic) bond motifs is 3. The van der Waals surface area contributed by atoms with Crippen LogP contribution in [0.5, 0.6) is 0 Å². The lowest BCUT2D eigenvalue weighted by molar-refractivity contribution is 0.0930. The molecule has 1 N–H and O–H groups in total. The van der Waals surface area contributed by atoms with E-state index in [4.69, 9.17) is 4.42 Å². The minimum Gasteiger partial charge on any atom is -0.420 e. The first kappa shape index (κ1) is 22.2. The summed E-state index contributed by atoms with van der Waals surface area (Å²) in [6.07, 6.45) is 9.75. The Hall–Kier alpha value is -2.60. The first-order valence-corrected chi connectivity index (χ1v) is 12.5. The summed E-state index contributed by atoms with van der Waals surface area (Å²) in [6, 6.07) is 10.1. The van der Waals surface area contributed by atoms with E-state index < -0.39 is 0 Å². The molecule has 0 spiro atoms. The number of oxazole rings is 1. The van der Waals surface area contributed by atoms with Crippen molar-refractivity contribution in [3.63, 3.8) is 0 Å². The number of aromatic nitrogens is 2. The van der Waals surface area contributed by atoms with Crippen LogP contribution < -0.4 is 4.90 Å². The summed E-state index contributed by atoms with van der Waals surface area (Å²) in [5.41, 5.74) is 2.45. The molecule has 3 aromatic rings. The molecular weight excluding hydrogens is 412 g/mol. The van der Waals surface area contributed by atoms with Crippen molar-refractivity contribution in [3.8, 4) is 0 Å². The Kier molecular flexibility index (Phi) is 6.28. The lowest BCUT2D eigenvalue weighted by atomic mass is 9.87. The number of anilines is 1. The van der Waals surface area contributed by atoms with Gasteiger partial charge in [-0.25, -0.2) is 4.98 Å². The number of H-pyrrole nitrogens is 1. The van der Waals surface area contributed by atoms with Gasteiger partial charge in [0.15, 0.2) is 11.5 Å². The predicted octanol–water partition coefficient (Wildman–Crippen LogP) is 5.31. The van der Waals surface area contributed by atoms with Gasteiger partial charge in [-0.1, -0.05) is 38.5 Å². The van der Waals surface area contributed by atoms with Gasteiger partial charge in [0.25, 0.3) is 6.01 Å². The van der Waals surface area contributed by atoms with Crippen LogP contribution in [0.1, 0.15) is 62.1 Å². The highest BCUT2D eigenvalue weighted by molar-refractivity contribution is 5.93. The number of hydrogen-bond acceptors (Lipinski definition) is 5. The molecule has 3 unspecified atom stereocenters. The number of Topliss-reactive ketones (excluding diaryl/α,β-unsaturated/α-hetero) is 1. The zero-order chi connectivity index (χ0) is 22.9. The molecule has 0 aliphatic carbocycles. The fourth-order valence-electron chi connectivity index (χ4n) is 5.63. The average Bonchev–Trinajstić information content (AvgIpc) is 3.49. The number of carbonyl (C=O) groups excluding carboxylic acids is 1. The van der Waals surface area contributed by atoms with Crippen LogP contribution in [0.15, 0.2) is 41.1 Å². The first-order chi connectivity index (χ1) is 16.0. The first-order valence-electron chi connectivity index (χ1n) is 12.5. The second-order valence-corrected chi connectivity index (χ2v) is 10.5. The van der Waals surface area contributed by atoms with Gasteiger partial charge in [0.1, 0.15) is 0 Å². The van der Waals surface area contributed by atoms with Gasteiger partial charge < -0.3 is 14.3 Å². The number of ketones is 1. The Morgan fingerprint density at radius 2 is 1.94 bits per heavy atom. The molecule has 0 radical (unpaired) electrons. The number of benzene rings is 1. The van der Waals surface area contributed by atoms with E-state index >= 15 is 0 Å². The predicted molar refractivity (Wildman–Crippen MR) is 132 cm³/mol. The monoisotopic (exact) mass is 448 g/mol. The van der Waals surface area contributed by atoms with Gasteiger partial charge in [0.2, 0.25) is 0 Å². The molecule has 176 valence electrons. The Bertz CT molecular complexity index is 1090. The molecule has 3 atom stereocenters. The zero-order valence-corrected chi connectivity index (χ0v) is 20.1. The van der Waals surface area contributed by atoms with Gasteiger partial charge in [-0.15, -0.1) is 0 Å². The molecule has 4 heterocycles. The van der Waals surface area contributed by atoms with E-state index in [-0.39, 0.29) is 11.7 Å². The van der Waals surface area contributed by atoms with E-state index in [2.05, 4.69) is 71.1 Å². The molecule has 2 bridgehead atoms. The highest BCUT2D eigenvalue weighted by atomic mass is 16.4. The third-order valence-electron chi connectivity index (χ3n) is 7.70. The van der Waals surface area contributed by atoms with Gasteiger partial charge in [-0.05, 0) is 56.2 Å².